The molecule has 0 saturated heterocycles. The van der Waals surface area contributed by atoms with Gasteiger partial charge in [0.25, 0.3) is 0 Å². The third-order valence-electron chi connectivity index (χ3n) is 3.11. The molecule has 0 saturated carbocycles. The quantitative estimate of drug-likeness (QED) is 0.497. The molecular weight excluding hydrogens is 256 g/mol. The largest absolute Gasteiger partial charge is 0.508 e. The van der Waals surface area contributed by atoms with Crippen molar-refractivity contribution in [2.45, 2.75) is 53.4 Å². The highest BCUT2D eigenvalue weighted by molar-refractivity contribution is 5.37. The van der Waals surface area contributed by atoms with Crippen LogP contribution in [-0.4, -0.2) is 5.11 Å². The van der Waals surface area contributed by atoms with Crippen LogP contribution in [0.15, 0.2) is 54.7 Å². The fourth-order valence-electron chi connectivity index (χ4n) is 1.79. The number of hydrogen-bond donors (Lipinski definition) is 1. The molecular formula is C20H30O. The molecule has 0 fully saturated rings. The lowest BCUT2D eigenvalue weighted by atomic mass is 10.0. The predicted molar refractivity (Wildman–Crippen MR) is 94.9 cm³/mol. The average molecular weight is 286 g/mol. The van der Waals surface area contributed by atoms with E-state index in [1.807, 2.05) is 25.1 Å². The Hall–Kier alpha value is -1.76. The van der Waals surface area contributed by atoms with Gasteiger partial charge in [0, 0.05) is 0 Å². The van der Waals surface area contributed by atoms with E-state index in [4.69, 9.17) is 0 Å². The van der Waals surface area contributed by atoms with Crippen LogP contribution in [0, 0.1) is 6.92 Å². The lowest BCUT2D eigenvalue weighted by molar-refractivity contribution is 0.464. The van der Waals surface area contributed by atoms with Gasteiger partial charge in [0.05, 0.1) is 0 Å². The molecule has 0 aliphatic carbocycles. The molecule has 116 valence electrons. The van der Waals surface area contributed by atoms with Gasteiger partial charge in [0.1, 0.15) is 5.75 Å². The normalized spacial score (nSPS) is 9.62. The van der Waals surface area contributed by atoms with Gasteiger partial charge in [-0.3, -0.25) is 0 Å². The number of rotatable bonds is 5. The molecule has 0 bridgehead atoms. The van der Waals surface area contributed by atoms with Gasteiger partial charge in [-0.15, -0.1) is 0 Å². The highest BCUT2D eigenvalue weighted by Crippen LogP contribution is 2.25. The van der Waals surface area contributed by atoms with Crippen LogP contribution in [0.5, 0.6) is 5.75 Å². The predicted octanol–water partition coefficient (Wildman–Crippen LogP) is 6.30. The van der Waals surface area contributed by atoms with Crippen molar-refractivity contribution >= 4 is 0 Å². The van der Waals surface area contributed by atoms with Crippen molar-refractivity contribution in [1.29, 1.82) is 0 Å². The zero-order chi connectivity index (χ0) is 16.4. The minimum absolute atomic E-state index is 0.399. The molecule has 0 amide bonds. The SMILES string of the molecule is C=CC(=C)CCC=C(C)C.Cc1ccc(C(C)C)c(O)c1. The minimum atomic E-state index is 0.399. The first-order valence-corrected chi connectivity index (χ1v) is 7.51. The second-order valence-corrected chi connectivity index (χ2v) is 5.90. The van der Waals surface area contributed by atoms with E-state index >= 15 is 0 Å². The second-order valence-electron chi connectivity index (χ2n) is 5.90. The van der Waals surface area contributed by atoms with Gasteiger partial charge in [-0.05, 0) is 56.7 Å². The molecule has 0 spiro atoms. The van der Waals surface area contributed by atoms with Gasteiger partial charge in [-0.2, -0.15) is 0 Å². The molecule has 0 aliphatic rings. The maximum absolute atomic E-state index is 9.46. The third kappa shape index (κ3) is 8.91. The summed E-state index contributed by atoms with van der Waals surface area (Å²) in [5, 5.41) is 9.46. The Morgan fingerprint density at radius 1 is 1.29 bits per heavy atom. The minimum Gasteiger partial charge on any atom is -0.508 e. The Labute approximate surface area is 130 Å². The first kappa shape index (κ1) is 19.2. The van der Waals surface area contributed by atoms with E-state index in [1.54, 1.807) is 6.07 Å². The fraction of sp³-hybridized carbons (Fsp3) is 0.400. The lowest BCUT2D eigenvalue weighted by Crippen LogP contribution is -1.87. The molecule has 1 rings (SSSR count). The Morgan fingerprint density at radius 3 is 2.33 bits per heavy atom. The smallest absolute Gasteiger partial charge is 0.119 e. The molecule has 21 heavy (non-hydrogen) atoms. The number of phenols is 1. The zero-order valence-corrected chi connectivity index (χ0v) is 14.2. The molecule has 1 heteroatoms. The summed E-state index contributed by atoms with van der Waals surface area (Å²) in [4.78, 5) is 0. The topological polar surface area (TPSA) is 20.2 Å². The molecule has 1 aromatic rings. The van der Waals surface area contributed by atoms with Crippen molar-refractivity contribution in [3.63, 3.8) is 0 Å². The van der Waals surface area contributed by atoms with E-state index in [2.05, 4.69) is 46.9 Å². The summed E-state index contributed by atoms with van der Waals surface area (Å²) in [6.07, 6.45) is 6.16. The Balaban J connectivity index is 0.000000384. The fourth-order valence-corrected chi connectivity index (χ4v) is 1.79. The molecule has 0 unspecified atom stereocenters. The van der Waals surface area contributed by atoms with Crippen LogP contribution in [0.4, 0.5) is 0 Å². The van der Waals surface area contributed by atoms with Gasteiger partial charge in [0.2, 0.25) is 0 Å². The van der Waals surface area contributed by atoms with Gasteiger partial charge >= 0.3 is 0 Å². The summed E-state index contributed by atoms with van der Waals surface area (Å²) in [5.74, 6) is 0.815. The van der Waals surface area contributed by atoms with Crippen LogP contribution in [0.1, 0.15) is 57.6 Å². The number of aryl methyl sites for hydroxylation is 1. The van der Waals surface area contributed by atoms with Gasteiger partial charge < -0.3 is 5.11 Å². The van der Waals surface area contributed by atoms with Gasteiger partial charge in [-0.1, -0.05) is 62.4 Å². The molecule has 0 atom stereocenters. The van der Waals surface area contributed by atoms with Crippen molar-refractivity contribution in [1.82, 2.24) is 0 Å². The number of aromatic hydroxyl groups is 1. The summed E-state index contributed by atoms with van der Waals surface area (Å²) >= 11 is 0. The van der Waals surface area contributed by atoms with Crippen LogP contribution < -0.4 is 0 Å². The molecule has 1 aromatic carbocycles. The van der Waals surface area contributed by atoms with E-state index < -0.39 is 0 Å². The summed E-state index contributed by atoms with van der Waals surface area (Å²) in [7, 11) is 0. The van der Waals surface area contributed by atoms with E-state index in [1.165, 1.54) is 5.57 Å². The van der Waals surface area contributed by atoms with E-state index in [0.717, 1.165) is 29.5 Å². The zero-order valence-electron chi connectivity index (χ0n) is 14.2. The van der Waals surface area contributed by atoms with Crippen LogP contribution in [0.25, 0.3) is 0 Å². The molecule has 1 N–H and O–H groups in total. The summed E-state index contributed by atoms with van der Waals surface area (Å²) in [6.45, 7) is 17.8. The Morgan fingerprint density at radius 2 is 1.90 bits per heavy atom. The van der Waals surface area contributed by atoms with Crippen molar-refractivity contribution in [2.75, 3.05) is 0 Å². The maximum Gasteiger partial charge on any atom is 0.119 e. The van der Waals surface area contributed by atoms with Gasteiger partial charge in [0.15, 0.2) is 0 Å². The average Bonchev–Trinajstić information content (AvgIpc) is 2.38. The summed E-state index contributed by atoms with van der Waals surface area (Å²) in [5.41, 5.74) is 4.62. The number of benzene rings is 1. The standard InChI is InChI=1S/C10H14O.C10H16/c1-7(2)9-5-4-8(3)6-10(9)11;1-5-10(4)8-6-7-9(2)3/h4-7,11H,1-3H3;5,7H,1,4,6,8H2,2-3H3. The van der Waals surface area contributed by atoms with Crippen LogP contribution in [0.2, 0.25) is 0 Å². The van der Waals surface area contributed by atoms with Crippen molar-refractivity contribution in [2.24, 2.45) is 0 Å². The number of phenolic OH excluding ortho intramolecular Hbond substituents is 1. The van der Waals surface area contributed by atoms with Gasteiger partial charge in [-0.25, -0.2) is 0 Å². The number of hydrogen-bond acceptors (Lipinski definition) is 1. The van der Waals surface area contributed by atoms with Crippen molar-refractivity contribution in [3.05, 3.63) is 65.8 Å². The molecule has 1 nitrogen and oxygen atoms in total. The van der Waals surface area contributed by atoms with Crippen molar-refractivity contribution < 1.29 is 5.11 Å². The van der Waals surface area contributed by atoms with Crippen LogP contribution in [0.3, 0.4) is 0 Å². The molecule has 0 heterocycles. The highest BCUT2D eigenvalue weighted by Gasteiger charge is 2.03. The lowest BCUT2D eigenvalue weighted by Gasteiger charge is -2.07. The third-order valence-corrected chi connectivity index (χ3v) is 3.11. The second kappa shape index (κ2) is 10.0. The van der Waals surface area contributed by atoms with E-state index in [0.29, 0.717) is 11.7 Å². The summed E-state index contributed by atoms with van der Waals surface area (Å²) in [6, 6.07) is 5.81. The molecule has 0 aromatic heterocycles. The first-order chi connectivity index (χ1) is 9.77. The number of allylic oxidation sites excluding steroid dienone is 4. The highest BCUT2D eigenvalue weighted by atomic mass is 16.3. The van der Waals surface area contributed by atoms with Crippen LogP contribution in [-0.2, 0) is 0 Å². The molecule has 0 aliphatic heterocycles. The summed E-state index contributed by atoms with van der Waals surface area (Å²) < 4.78 is 0. The maximum atomic E-state index is 9.46. The van der Waals surface area contributed by atoms with Crippen molar-refractivity contribution in [3.8, 4) is 5.75 Å². The van der Waals surface area contributed by atoms with E-state index in [9.17, 15) is 5.11 Å². The molecule has 0 radical (unpaired) electrons. The van der Waals surface area contributed by atoms with Crippen LogP contribution >= 0.6 is 0 Å². The van der Waals surface area contributed by atoms with E-state index in [-0.39, 0.29) is 0 Å². The Kier molecular flexibility index (Phi) is 9.20. The monoisotopic (exact) mass is 286 g/mol. The first-order valence-electron chi connectivity index (χ1n) is 7.51. The Bertz CT molecular complexity index is 489.